The van der Waals surface area contributed by atoms with E-state index in [0.717, 1.165) is 34.5 Å². The number of aromatic nitrogens is 3. The molecule has 142 valence electrons. The van der Waals surface area contributed by atoms with Gasteiger partial charge in [0.15, 0.2) is 11.8 Å². The Bertz CT molecular complexity index is 849. The van der Waals surface area contributed by atoms with Gasteiger partial charge in [-0.25, -0.2) is 14.7 Å². The maximum atomic E-state index is 5.92. The van der Waals surface area contributed by atoms with Gasteiger partial charge < -0.3 is 10.6 Å². The molecule has 0 atom stereocenters. The SMILES string of the molecule is CCNC(=NCc1ccnc(-n2cccn2)c1)NCc1ccc(Cl)cc1.I. The number of pyridine rings is 1. The van der Waals surface area contributed by atoms with E-state index in [9.17, 15) is 0 Å². The Morgan fingerprint density at radius 3 is 2.63 bits per heavy atom. The molecule has 27 heavy (non-hydrogen) atoms. The van der Waals surface area contributed by atoms with Crippen LogP contribution in [0.1, 0.15) is 18.1 Å². The van der Waals surface area contributed by atoms with Crippen molar-refractivity contribution in [3.63, 3.8) is 0 Å². The van der Waals surface area contributed by atoms with Gasteiger partial charge in [-0.3, -0.25) is 0 Å². The Kier molecular flexibility index (Phi) is 8.53. The second-order valence-electron chi connectivity index (χ2n) is 5.65. The molecule has 0 bridgehead atoms. The van der Waals surface area contributed by atoms with Crippen molar-refractivity contribution >= 4 is 41.5 Å². The molecule has 3 aromatic rings. The summed E-state index contributed by atoms with van der Waals surface area (Å²) in [6.07, 6.45) is 5.37. The van der Waals surface area contributed by atoms with Gasteiger partial charge in [0.25, 0.3) is 0 Å². The first kappa shape index (κ1) is 21.2. The third kappa shape index (κ3) is 6.51. The van der Waals surface area contributed by atoms with Gasteiger partial charge in [-0.1, -0.05) is 23.7 Å². The van der Waals surface area contributed by atoms with E-state index in [4.69, 9.17) is 11.6 Å². The van der Waals surface area contributed by atoms with Crippen LogP contribution in [0.4, 0.5) is 0 Å². The molecule has 2 N–H and O–H groups in total. The maximum Gasteiger partial charge on any atom is 0.191 e. The van der Waals surface area contributed by atoms with Gasteiger partial charge in [-0.2, -0.15) is 5.10 Å². The van der Waals surface area contributed by atoms with Crippen molar-refractivity contribution in [2.24, 2.45) is 4.99 Å². The molecule has 2 aromatic heterocycles. The first-order chi connectivity index (χ1) is 12.7. The molecule has 0 aliphatic carbocycles. The highest BCUT2D eigenvalue weighted by atomic mass is 127. The first-order valence-corrected chi connectivity index (χ1v) is 8.84. The zero-order valence-electron chi connectivity index (χ0n) is 15.0. The maximum absolute atomic E-state index is 5.92. The van der Waals surface area contributed by atoms with Crippen LogP contribution in [0.2, 0.25) is 5.02 Å². The second kappa shape index (κ2) is 10.9. The summed E-state index contributed by atoms with van der Waals surface area (Å²) in [5, 5.41) is 11.5. The van der Waals surface area contributed by atoms with Crippen LogP contribution in [-0.2, 0) is 13.1 Å². The van der Waals surface area contributed by atoms with Crippen molar-refractivity contribution in [1.29, 1.82) is 0 Å². The molecule has 0 aliphatic heterocycles. The highest BCUT2D eigenvalue weighted by molar-refractivity contribution is 14.0. The quantitative estimate of drug-likeness (QED) is 0.310. The van der Waals surface area contributed by atoms with E-state index in [1.165, 1.54) is 0 Å². The lowest BCUT2D eigenvalue weighted by Crippen LogP contribution is -2.36. The average Bonchev–Trinajstić information content (AvgIpc) is 3.20. The first-order valence-electron chi connectivity index (χ1n) is 8.46. The number of nitrogens with zero attached hydrogens (tertiary/aromatic N) is 4. The zero-order valence-corrected chi connectivity index (χ0v) is 18.1. The molecule has 8 heteroatoms. The molecule has 0 unspecified atom stereocenters. The molecule has 1 aromatic carbocycles. The van der Waals surface area contributed by atoms with Gasteiger partial charge in [0.05, 0.1) is 6.54 Å². The Labute approximate surface area is 181 Å². The van der Waals surface area contributed by atoms with Crippen LogP contribution < -0.4 is 10.6 Å². The molecule has 0 radical (unpaired) electrons. The summed E-state index contributed by atoms with van der Waals surface area (Å²) in [5.74, 6) is 1.54. The summed E-state index contributed by atoms with van der Waals surface area (Å²) in [6.45, 7) is 4.06. The predicted octanol–water partition coefficient (Wildman–Crippen LogP) is 3.79. The van der Waals surface area contributed by atoms with E-state index in [2.05, 4.69) is 25.7 Å². The molecule has 3 rings (SSSR count). The number of guanidine groups is 1. The van der Waals surface area contributed by atoms with Crippen molar-refractivity contribution < 1.29 is 0 Å². The Morgan fingerprint density at radius 1 is 1.11 bits per heavy atom. The van der Waals surface area contributed by atoms with Gasteiger partial charge in [0.2, 0.25) is 0 Å². The lowest BCUT2D eigenvalue weighted by Gasteiger charge is -2.11. The van der Waals surface area contributed by atoms with Crippen LogP contribution in [0.5, 0.6) is 0 Å². The number of benzene rings is 1. The second-order valence-corrected chi connectivity index (χ2v) is 6.08. The molecular weight excluding hydrogens is 475 g/mol. The van der Waals surface area contributed by atoms with Gasteiger partial charge in [0.1, 0.15) is 0 Å². The van der Waals surface area contributed by atoms with E-state index in [0.29, 0.717) is 13.1 Å². The third-order valence-electron chi connectivity index (χ3n) is 3.69. The molecule has 0 fully saturated rings. The minimum absolute atomic E-state index is 0. The van der Waals surface area contributed by atoms with Crippen LogP contribution in [0, 0.1) is 0 Å². The molecule has 0 aliphatic rings. The average molecular weight is 497 g/mol. The van der Waals surface area contributed by atoms with Crippen LogP contribution in [0.15, 0.2) is 66.0 Å². The van der Waals surface area contributed by atoms with Crippen LogP contribution in [0.25, 0.3) is 5.82 Å². The molecular formula is C19H22ClIN6. The fourth-order valence-electron chi connectivity index (χ4n) is 2.39. The van der Waals surface area contributed by atoms with Crippen LogP contribution in [0.3, 0.4) is 0 Å². The van der Waals surface area contributed by atoms with E-state index in [-0.39, 0.29) is 24.0 Å². The summed E-state index contributed by atoms with van der Waals surface area (Å²) in [6, 6.07) is 13.6. The lowest BCUT2D eigenvalue weighted by molar-refractivity contribution is 0.813. The number of halogens is 2. The van der Waals surface area contributed by atoms with Crippen molar-refractivity contribution in [3.05, 3.63) is 77.2 Å². The van der Waals surface area contributed by atoms with Gasteiger partial charge in [0, 0.05) is 36.7 Å². The highest BCUT2D eigenvalue weighted by Gasteiger charge is 2.02. The largest absolute Gasteiger partial charge is 0.357 e. The number of hydrogen-bond acceptors (Lipinski definition) is 3. The van der Waals surface area contributed by atoms with Crippen molar-refractivity contribution in [3.8, 4) is 5.82 Å². The predicted molar refractivity (Wildman–Crippen MR) is 120 cm³/mol. The molecule has 2 heterocycles. The Balaban J connectivity index is 0.00000261. The fourth-order valence-corrected chi connectivity index (χ4v) is 2.51. The van der Waals surface area contributed by atoms with E-state index >= 15 is 0 Å². The normalized spacial score (nSPS) is 11.0. The van der Waals surface area contributed by atoms with E-state index in [1.807, 2.05) is 55.6 Å². The summed E-state index contributed by atoms with van der Waals surface area (Å²) >= 11 is 5.92. The molecule has 0 spiro atoms. The van der Waals surface area contributed by atoms with E-state index in [1.54, 1.807) is 17.1 Å². The summed E-state index contributed by atoms with van der Waals surface area (Å²) in [7, 11) is 0. The molecule has 0 saturated carbocycles. The minimum Gasteiger partial charge on any atom is -0.357 e. The minimum atomic E-state index is 0. The highest BCUT2D eigenvalue weighted by Crippen LogP contribution is 2.09. The van der Waals surface area contributed by atoms with Crippen molar-refractivity contribution in [2.45, 2.75) is 20.0 Å². The van der Waals surface area contributed by atoms with Crippen LogP contribution >= 0.6 is 35.6 Å². The Hall–Kier alpha value is -2.13. The van der Waals surface area contributed by atoms with Gasteiger partial charge in [-0.05, 0) is 48.4 Å². The van der Waals surface area contributed by atoms with Gasteiger partial charge in [-0.15, -0.1) is 24.0 Å². The number of aliphatic imine (C=N–C) groups is 1. The molecule has 0 saturated heterocycles. The Morgan fingerprint density at radius 2 is 1.93 bits per heavy atom. The lowest BCUT2D eigenvalue weighted by atomic mass is 10.2. The summed E-state index contributed by atoms with van der Waals surface area (Å²) in [4.78, 5) is 8.99. The van der Waals surface area contributed by atoms with Crippen LogP contribution in [-0.4, -0.2) is 27.3 Å². The van der Waals surface area contributed by atoms with Crippen molar-refractivity contribution in [2.75, 3.05) is 6.54 Å². The topological polar surface area (TPSA) is 67.1 Å². The number of rotatable bonds is 6. The number of nitrogens with one attached hydrogen (secondary N) is 2. The van der Waals surface area contributed by atoms with E-state index < -0.39 is 0 Å². The zero-order chi connectivity index (χ0) is 18.2. The monoisotopic (exact) mass is 496 g/mol. The van der Waals surface area contributed by atoms with Gasteiger partial charge >= 0.3 is 0 Å². The standard InChI is InChI=1S/C19H21ClN6.HI/c1-2-21-19(23-13-15-4-6-17(20)7-5-15)24-14-16-8-10-22-18(12-16)26-11-3-9-25-26;/h3-12H,2,13-14H2,1H3,(H2,21,23,24);1H. The molecule has 0 amide bonds. The summed E-state index contributed by atoms with van der Waals surface area (Å²) < 4.78 is 1.73. The van der Waals surface area contributed by atoms with Crippen molar-refractivity contribution in [1.82, 2.24) is 25.4 Å². The summed E-state index contributed by atoms with van der Waals surface area (Å²) in [5.41, 5.74) is 2.21. The smallest absolute Gasteiger partial charge is 0.191 e. The third-order valence-corrected chi connectivity index (χ3v) is 3.94. The number of hydrogen-bond donors (Lipinski definition) is 2. The molecule has 6 nitrogen and oxygen atoms in total. The fraction of sp³-hybridized carbons (Fsp3) is 0.211.